The highest BCUT2D eigenvalue weighted by atomic mass is 16.5. The molecule has 3 heterocycles. The van der Waals surface area contributed by atoms with Gasteiger partial charge in [-0.15, -0.1) is 0 Å². The Balaban J connectivity index is 1.35. The van der Waals surface area contributed by atoms with Crippen LogP contribution in [0.2, 0.25) is 0 Å². The van der Waals surface area contributed by atoms with E-state index in [0.29, 0.717) is 12.1 Å². The van der Waals surface area contributed by atoms with Gasteiger partial charge in [-0.1, -0.05) is 54.6 Å². The predicted octanol–water partition coefficient (Wildman–Crippen LogP) is 0.806. The molecule has 0 bridgehead atoms. The van der Waals surface area contributed by atoms with Crippen LogP contribution in [0.15, 0.2) is 85.2 Å². The molecule has 10 heteroatoms. The summed E-state index contributed by atoms with van der Waals surface area (Å²) in [6.07, 6.45) is 2.36. The van der Waals surface area contributed by atoms with Crippen LogP contribution in [0.3, 0.4) is 0 Å². The molecule has 2 aromatic heterocycles. The molecule has 3 unspecified atom stereocenters. The third-order valence-corrected chi connectivity index (χ3v) is 7.02. The second kappa shape index (κ2) is 11.7. The molecular formula is C29H30N6O4. The van der Waals surface area contributed by atoms with E-state index in [-0.39, 0.29) is 17.8 Å². The Hall–Kier alpha value is -4.22. The van der Waals surface area contributed by atoms with Gasteiger partial charge < -0.3 is 16.0 Å². The molecule has 0 aliphatic carbocycles. The van der Waals surface area contributed by atoms with Gasteiger partial charge in [0.2, 0.25) is 0 Å². The van der Waals surface area contributed by atoms with Crippen molar-refractivity contribution in [3.8, 4) is 5.82 Å². The summed E-state index contributed by atoms with van der Waals surface area (Å²) in [5.41, 5.74) is 9.50. The van der Waals surface area contributed by atoms with Gasteiger partial charge in [-0.05, 0) is 41.3 Å². The summed E-state index contributed by atoms with van der Waals surface area (Å²) in [6, 6.07) is 20.8. The smallest absolute Gasteiger partial charge is 0.348 e. The van der Waals surface area contributed by atoms with Crippen LogP contribution in [-0.2, 0) is 30.7 Å². The Morgan fingerprint density at radius 3 is 2.54 bits per heavy atom. The molecule has 3 atom stereocenters. The van der Waals surface area contributed by atoms with Crippen LogP contribution in [0.5, 0.6) is 0 Å². The molecule has 1 aliphatic rings. The Kier molecular flexibility index (Phi) is 7.89. The first kappa shape index (κ1) is 26.4. The van der Waals surface area contributed by atoms with Gasteiger partial charge in [0.25, 0.3) is 5.91 Å². The molecule has 2 amide bonds. The van der Waals surface area contributed by atoms with Gasteiger partial charge in [0.15, 0.2) is 11.9 Å². The lowest BCUT2D eigenvalue weighted by atomic mass is 10.00. The molecule has 0 saturated carbocycles. The molecule has 0 fully saturated rings. The van der Waals surface area contributed by atoms with Crippen LogP contribution >= 0.6 is 0 Å². The normalized spacial score (nSPS) is 15.7. The number of amides is 2. The van der Waals surface area contributed by atoms with E-state index in [2.05, 4.69) is 33.2 Å². The summed E-state index contributed by atoms with van der Waals surface area (Å²) in [4.78, 5) is 31.9. The minimum atomic E-state index is -1.81. The van der Waals surface area contributed by atoms with E-state index in [9.17, 15) is 19.9 Å². The second-order valence-electron chi connectivity index (χ2n) is 9.69. The maximum atomic E-state index is 13.4. The summed E-state index contributed by atoms with van der Waals surface area (Å²) in [5, 5.41) is 27.5. The average molecular weight is 527 g/mol. The van der Waals surface area contributed by atoms with Crippen molar-refractivity contribution in [2.45, 2.75) is 38.1 Å². The van der Waals surface area contributed by atoms with E-state index < -0.39 is 29.0 Å². The average Bonchev–Trinajstić information content (AvgIpc) is 3.43. The van der Waals surface area contributed by atoms with Gasteiger partial charge >= 0.3 is 5.91 Å². The monoisotopic (exact) mass is 526 g/mol. The molecule has 200 valence electrons. The van der Waals surface area contributed by atoms with Crippen LogP contribution in [0.1, 0.15) is 32.7 Å². The highest BCUT2D eigenvalue weighted by Crippen LogP contribution is 2.20. The van der Waals surface area contributed by atoms with Gasteiger partial charge in [0.1, 0.15) is 11.6 Å². The predicted molar refractivity (Wildman–Crippen MR) is 143 cm³/mol. The number of benzene rings is 2. The number of aromatic nitrogens is 3. The van der Waals surface area contributed by atoms with Crippen molar-refractivity contribution in [2.24, 2.45) is 5.73 Å². The van der Waals surface area contributed by atoms with Gasteiger partial charge in [0.05, 0.1) is 5.69 Å². The number of hydrogen-bond donors (Lipinski definition) is 3. The number of aliphatic hydroxyl groups excluding tert-OH is 1. The van der Waals surface area contributed by atoms with Crippen LogP contribution in [0.25, 0.3) is 5.82 Å². The zero-order valence-corrected chi connectivity index (χ0v) is 21.3. The van der Waals surface area contributed by atoms with Gasteiger partial charge in [-0.2, -0.15) is 5.10 Å². The molecule has 39 heavy (non-hydrogen) atoms. The summed E-state index contributed by atoms with van der Waals surface area (Å²) in [6.45, 7) is 2.37. The van der Waals surface area contributed by atoms with E-state index >= 15 is 0 Å². The van der Waals surface area contributed by atoms with Crippen molar-refractivity contribution in [3.05, 3.63) is 118 Å². The van der Waals surface area contributed by atoms with E-state index in [1.54, 1.807) is 42.6 Å². The Bertz CT molecular complexity index is 1460. The SMILES string of the molecule is NC(=O)C(O)C(Cc1ccccc1)[NH+]([O-])C(=O)c1cccnc1-n1ccc(CN2CCc3ccccc3C2)n1. The number of hydrogen-bond acceptors (Lipinski definition) is 7. The summed E-state index contributed by atoms with van der Waals surface area (Å²) in [5.74, 6) is -1.75. The molecule has 0 spiro atoms. The summed E-state index contributed by atoms with van der Waals surface area (Å²) < 4.78 is 1.48. The number of pyridine rings is 1. The first-order valence-electron chi connectivity index (χ1n) is 12.8. The lowest BCUT2D eigenvalue weighted by molar-refractivity contribution is -0.792. The number of nitrogens with two attached hydrogens (primary N) is 1. The highest BCUT2D eigenvalue weighted by molar-refractivity contribution is 5.91. The van der Waals surface area contributed by atoms with Gasteiger partial charge in [-0.3, -0.25) is 14.8 Å². The lowest BCUT2D eigenvalue weighted by Crippen LogP contribution is -3.16. The standard InChI is InChI=1S/C29H30N6O4/c30-27(37)26(36)25(17-20-7-2-1-3-8-20)35(39)29(38)24-11-6-14-31-28(24)34-16-13-23(32-34)19-33-15-12-21-9-4-5-10-22(21)18-33/h1-11,13-14,16,25-26,35-36H,12,15,17-19H2,(H2,30,37). The summed E-state index contributed by atoms with van der Waals surface area (Å²) >= 11 is 0. The number of rotatable bonds is 9. The molecular weight excluding hydrogens is 496 g/mol. The van der Waals surface area contributed by atoms with Crippen molar-refractivity contribution < 1.29 is 19.8 Å². The maximum absolute atomic E-state index is 13.4. The van der Waals surface area contributed by atoms with Crippen LogP contribution in [0.4, 0.5) is 0 Å². The minimum Gasteiger partial charge on any atom is -0.626 e. The number of hydroxylamine groups is 2. The fourth-order valence-electron chi connectivity index (χ4n) is 4.95. The van der Waals surface area contributed by atoms with Gasteiger partial charge in [0, 0.05) is 38.4 Å². The molecule has 10 nitrogen and oxygen atoms in total. The first-order valence-corrected chi connectivity index (χ1v) is 12.8. The quantitative estimate of drug-likeness (QED) is 0.274. The zero-order chi connectivity index (χ0) is 27.4. The number of carbonyl (C=O) groups is 2. The number of aliphatic hydroxyl groups is 1. The number of carbonyl (C=O) groups excluding carboxylic acids is 2. The van der Waals surface area contributed by atoms with Crippen molar-refractivity contribution >= 4 is 11.8 Å². The maximum Gasteiger partial charge on any atom is 0.348 e. The van der Waals surface area contributed by atoms with Crippen molar-refractivity contribution in [3.63, 3.8) is 0 Å². The molecule has 1 aliphatic heterocycles. The minimum absolute atomic E-state index is 0.0179. The van der Waals surface area contributed by atoms with Crippen LogP contribution in [-0.4, -0.2) is 55.3 Å². The molecule has 0 radical (unpaired) electrons. The van der Waals surface area contributed by atoms with E-state index in [0.717, 1.165) is 25.2 Å². The van der Waals surface area contributed by atoms with Crippen molar-refractivity contribution in [1.29, 1.82) is 0 Å². The lowest BCUT2D eigenvalue weighted by Gasteiger charge is -2.31. The number of nitrogens with zero attached hydrogens (tertiary/aromatic N) is 4. The number of quaternary nitrogens is 1. The molecule has 2 aromatic carbocycles. The highest BCUT2D eigenvalue weighted by Gasteiger charge is 2.35. The largest absolute Gasteiger partial charge is 0.626 e. The number of fused-ring (bicyclic) bond motifs is 1. The van der Waals surface area contributed by atoms with Crippen molar-refractivity contribution in [1.82, 2.24) is 19.7 Å². The Morgan fingerprint density at radius 1 is 1.03 bits per heavy atom. The summed E-state index contributed by atoms with van der Waals surface area (Å²) in [7, 11) is 0. The third-order valence-electron chi connectivity index (χ3n) is 7.02. The fraction of sp³-hybridized carbons (Fsp3) is 0.241. The molecule has 5 rings (SSSR count). The number of nitrogens with one attached hydrogen (secondary N) is 1. The molecule has 4 aromatic rings. The molecule has 0 saturated heterocycles. The van der Waals surface area contributed by atoms with Crippen molar-refractivity contribution in [2.75, 3.05) is 6.54 Å². The Morgan fingerprint density at radius 2 is 1.77 bits per heavy atom. The Labute approximate surface area is 225 Å². The van der Waals surface area contributed by atoms with E-state index in [1.807, 2.05) is 12.1 Å². The fourth-order valence-corrected chi connectivity index (χ4v) is 4.95. The first-order chi connectivity index (χ1) is 18.9. The van der Waals surface area contributed by atoms with Crippen LogP contribution in [0, 0.1) is 5.21 Å². The number of primary amides is 1. The third kappa shape index (κ3) is 5.94. The zero-order valence-electron chi connectivity index (χ0n) is 21.3. The van der Waals surface area contributed by atoms with E-state index in [1.165, 1.54) is 28.1 Å². The molecule has 4 N–H and O–H groups in total. The topological polar surface area (TPSA) is 142 Å². The van der Waals surface area contributed by atoms with Crippen LogP contribution < -0.4 is 10.8 Å². The van der Waals surface area contributed by atoms with Gasteiger partial charge in [-0.25, -0.2) is 14.5 Å². The second-order valence-corrected chi connectivity index (χ2v) is 9.69. The van der Waals surface area contributed by atoms with E-state index in [4.69, 9.17) is 5.73 Å².